The van der Waals surface area contributed by atoms with E-state index in [0.29, 0.717) is 28.1 Å². The van der Waals surface area contributed by atoms with Gasteiger partial charge in [0.25, 0.3) is 10.0 Å². The van der Waals surface area contributed by atoms with Gasteiger partial charge in [-0.25, -0.2) is 13.1 Å². The highest BCUT2D eigenvalue weighted by Crippen LogP contribution is 2.33. The lowest BCUT2D eigenvalue weighted by Crippen LogP contribution is -2.35. The molecule has 0 bridgehead atoms. The van der Waals surface area contributed by atoms with Gasteiger partial charge in [-0.05, 0) is 41.8 Å². The summed E-state index contributed by atoms with van der Waals surface area (Å²) < 4.78 is 27.1. The fraction of sp³-hybridized carbons (Fsp3) is 0.222. The van der Waals surface area contributed by atoms with Gasteiger partial charge in [-0.3, -0.25) is 14.4 Å². The Morgan fingerprint density at radius 1 is 0.872 bits per heavy atom. The van der Waals surface area contributed by atoms with E-state index in [4.69, 9.17) is 23.2 Å². The summed E-state index contributed by atoms with van der Waals surface area (Å²) in [5.74, 6) is -1.60. The summed E-state index contributed by atoms with van der Waals surface area (Å²) in [5, 5.41) is 6.12. The second-order valence-electron chi connectivity index (χ2n) is 8.72. The van der Waals surface area contributed by atoms with Gasteiger partial charge in [-0.2, -0.15) is 12.6 Å². The van der Waals surface area contributed by atoms with Gasteiger partial charge in [-0.1, -0.05) is 65.7 Å². The third-order valence-corrected chi connectivity index (χ3v) is 7.89. The van der Waals surface area contributed by atoms with E-state index in [1.807, 2.05) is 22.9 Å². The number of thiol groups is 1. The number of carbonyl (C=O) groups excluding carboxylic acids is 3. The number of hydrogen-bond acceptors (Lipinski definition) is 6. The van der Waals surface area contributed by atoms with E-state index in [-0.39, 0.29) is 34.7 Å². The molecule has 1 atom stereocenters. The minimum atomic E-state index is -4.09. The molecule has 0 radical (unpaired) electrons. The molecule has 3 rings (SSSR count). The monoisotopic (exact) mass is 607 g/mol. The number of carbonyl (C=O) groups is 3. The highest BCUT2D eigenvalue weighted by Gasteiger charge is 2.21. The van der Waals surface area contributed by atoms with Crippen molar-refractivity contribution >= 4 is 63.6 Å². The maximum atomic E-state index is 12.6. The summed E-state index contributed by atoms with van der Waals surface area (Å²) >= 11 is 16.9. The van der Waals surface area contributed by atoms with Crippen LogP contribution < -0.4 is 15.4 Å². The van der Waals surface area contributed by atoms with Crippen LogP contribution in [-0.2, 0) is 37.4 Å². The topological polar surface area (TPSA) is 121 Å². The average Bonchev–Trinajstić information content (AvgIpc) is 2.86. The summed E-state index contributed by atoms with van der Waals surface area (Å²) in [6, 6.07) is 18.5. The average molecular weight is 609 g/mol. The van der Waals surface area contributed by atoms with Gasteiger partial charge in [-0.15, -0.1) is 0 Å². The molecule has 0 unspecified atom stereocenters. The van der Waals surface area contributed by atoms with Gasteiger partial charge >= 0.3 is 0 Å². The molecule has 0 saturated carbocycles. The van der Waals surface area contributed by atoms with Crippen molar-refractivity contribution in [3.05, 3.63) is 87.9 Å². The van der Waals surface area contributed by atoms with Gasteiger partial charge in [0, 0.05) is 46.4 Å². The normalized spacial score (nSPS) is 11.9. The first-order valence-corrected chi connectivity index (χ1v) is 14.6. The van der Waals surface area contributed by atoms with Crippen LogP contribution in [0.25, 0.3) is 11.1 Å². The van der Waals surface area contributed by atoms with Gasteiger partial charge < -0.3 is 10.6 Å². The maximum Gasteiger partial charge on any atom is 0.264 e. The summed E-state index contributed by atoms with van der Waals surface area (Å²) in [5.41, 5.74) is 2.41. The van der Waals surface area contributed by atoms with Crippen molar-refractivity contribution in [2.24, 2.45) is 0 Å². The first-order chi connectivity index (χ1) is 18.4. The number of sulfonamides is 1. The molecule has 206 valence electrons. The number of hydrogen-bond donors (Lipinski definition) is 4. The molecule has 0 aromatic heterocycles. The third-order valence-electron chi connectivity index (χ3n) is 5.48. The van der Waals surface area contributed by atoms with E-state index in [1.165, 1.54) is 6.07 Å². The van der Waals surface area contributed by atoms with Crippen molar-refractivity contribution in [3.8, 4) is 11.1 Å². The number of rotatable bonds is 11. The van der Waals surface area contributed by atoms with Crippen molar-refractivity contribution < 1.29 is 22.8 Å². The molecule has 0 aliphatic carbocycles. The van der Waals surface area contributed by atoms with Crippen LogP contribution in [0.1, 0.15) is 24.5 Å². The lowest BCUT2D eigenvalue weighted by molar-refractivity contribution is -0.129. The van der Waals surface area contributed by atoms with Crippen molar-refractivity contribution in [1.82, 2.24) is 15.4 Å². The van der Waals surface area contributed by atoms with Crippen LogP contribution in [0.15, 0.2) is 71.6 Å². The summed E-state index contributed by atoms with van der Waals surface area (Å²) in [4.78, 5) is 35.7. The molecule has 0 aliphatic rings. The smallest absolute Gasteiger partial charge is 0.264 e. The molecule has 3 aromatic carbocycles. The molecule has 0 heterocycles. The second-order valence-corrected chi connectivity index (χ2v) is 11.9. The molecule has 0 aliphatic heterocycles. The van der Waals surface area contributed by atoms with Crippen LogP contribution in [0.2, 0.25) is 10.0 Å². The number of nitrogens with one attached hydrogen (secondary N) is 3. The lowest BCUT2D eigenvalue weighted by atomic mass is 10.0. The fourth-order valence-corrected chi connectivity index (χ4v) is 5.80. The molecule has 3 amide bonds. The molecule has 3 N–H and O–H groups in total. The first kappa shape index (κ1) is 30.5. The summed E-state index contributed by atoms with van der Waals surface area (Å²) in [7, 11) is -4.09. The van der Waals surface area contributed by atoms with Crippen molar-refractivity contribution in [2.75, 3.05) is 6.54 Å². The molecular formula is C27H27Cl2N3O5S2. The highest BCUT2D eigenvalue weighted by atomic mass is 35.5. The number of halogens is 2. The Kier molecular flexibility index (Phi) is 10.8. The number of amides is 3. The largest absolute Gasteiger partial charge is 0.355 e. The van der Waals surface area contributed by atoms with Crippen LogP contribution in [0.4, 0.5) is 0 Å². The van der Waals surface area contributed by atoms with E-state index < -0.39 is 27.7 Å². The molecule has 12 heteroatoms. The quantitative estimate of drug-likeness (QED) is 0.193. The molecule has 0 fully saturated rings. The van der Waals surface area contributed by atoms with Crippen LogP contribution in [0.5, 0.6) is 0 Å². The standard InChI is InChI=1S/C27H27Cl2N3O5S2/c1-17(33)32-39(36,37)25-8-3-2-7-23(25)22-10-9-19(13-24(22)29)15-30-26(34)14-27(35)31-16-21(38)12-18-5-4-6-20(28)11-18/h2-11,13,21,38H,12,14-16H2,1H3,(H,30,34)(H,31,35)(H,32,33)/t21-/m1/s1. The van der Waals surface area contributed by atoms with Crippen LogP contribution in [-0.4, -0.2) is 37.9 Å². The van der Waals surface area contributed by atoms with Crippen LogP contribution in [0, 0.1) is 0 Å². The Morgan fingerprint density at radius 3 is 2.28 bits per heavy atom. The van der Waals surface area contributed by atoms with Gasteiger partial charge in [0.15, 0.2) is 0 Å². The molecule has 0 saturated heterocycles. The van der Waals surface area contributed by atoms with Crippen LogP contribution in [0.3, 0.4) is 0 Å². The molecule has 0 spiro atoms. The van der Waals surface area contributed by atoms with Gasteiger partial charge in [0.1, 0.15) is 6.42 Å². The zero-order valence-corrected chi connectivity index (χ0v) is 24.1. The zero-order chi connectivity index (χ0) is 28.6. The lowest BCUT2D eigenvalue weighted by Gasteiger charge is -2.14. The number of benzene rings is 3. The summed E-state index contributed by atoms with van der Waals surface area (Å²) in [6.45, 7) is 1.51. The van der Waals surface area contributed by atoms with Crippen molar-refractivity contribution in [3.63, 3.8) is 0 Å². The Balaban J connectivity index is 1.54. The second kappa shape index (κ2) is 13.8. The Morgan fingerprint density at radius 2 is 1.59 bits per heavy atom. The minimum Gasteiger partial charge on any atom is -0.355 e. The SMILES string of the molecule is CC(=O)NS(=O)(=O)c1ccccc1-c1ccc(CNC(=O)CC(=O)NC[C@H](S)Cc2cccc(Cl)c2)cc1Cl. The third kappa shape index (κ3) is 9.28. The van der Waals surface area contributed by atoms with Crippen LogP contribution >= 0.6 is 35.8 Å². The Bertz CT molecular complexity index is 1480. The van der Waals surface area contributed by atoms with Gasteiger partial charge in [0.05, 0.1) is 4.90 Å². The molecular weight excluding hydrogens is 581 g/mol. The van der Waals surface area contributed by atoms with Crippen molar-refractivity contribution in [1.29, 1.82) is 0 Å². The van der Waals surface area contributed by atoms with E-state index in [1.54, 1.807) is 42.5 Å². The van der Waals surface area contributed by atoms with Gasteiger partial charge in [0.2, 0.25) is 17.7 Å². The summed E-state index contributed by atoms with van der Waals surface area (Å²) in [6.07, 6.45) is 0.258. The molecule has 3 aromatic rings. The minimum absolute atomic E-state index is 0.0924. The van der Waals surface area contributed by atoms with E-state index in [9.17, 15) is 22.8 Å². The maximum absolute atomic E-state index is 12.6. The molecule has 39 heavy (non-hydrogen) atoms. The Labute approximate surface area is 242 Å². The first-order valence-electron chi connectivity index (χ1n) is 11.8. The fourth-order valence-electron chi connectivity index (χ4n) is 3.77. The van der Waals surface area contributed by atoms with E-state index >= 15 is 0 Å². The highest BCUT2D eigenvalue weighted by molar-refractivity contribution is 7.90. The van der Waals surface area contributed by atoms with Crippen molar-refractivity contribution in [2.45, 2.75) is 36.5 Å². The predicted molar refractivity (Wildman–Crippen MR) is 155 cm³/mol. The van der Waals surface area contributed by atoms with E-state index in [2.05, 4.69) is 23.3 Å². The Hall–Kier alpha value is -3.05. The van der Waals surface area contributed by atoms with E-state index in [0.717, 1.165) is 12.5 Å². The molecule has 8 nitrogen and oxygen atoms in total. The predicted octanol–water partition coefficient (Wildman–Crippen LogP) is 4.15. The zero-order valence-electron chi connectivity index (χ0n) is 20.9.